The molecule has 1 N–H and O–H groups in total. The molecule has 0 unspecified atom stereocenters. The van der Waals surface area contributed by atoms with Crippen molar-refractivity contribution in [1.29, 1.82) is 0 Å². The van der Waals surface area contributed by atoms with Crippen molar-refractivity contribution in [3.8, 4) is 11.5 Å². The molecule has 0 spiro atoms. The van der Waals surface area contributed by atoms with Crippen molar-refractivity contribution in [2.24, 2.45) is 0 Å². The molecule has 1 aliphatic rings. The predicted octanol–water partition coefficient (Wildman–Crippen LogP) is 1.69. The molecule has 1 saturated carbocycles. The third-order valence-electron chi connectivity index (χ3n) is 2.74. The molecule has 5 heteroatoms. The van der Waals surface area contributed by atoms with Crippen molar-refractivity contribution in [1.82, 2.24) is 20.4 Å². The molecule has 1 aliphatic carbocycles. The van der Waals surface area contributed by atoms with E-state index in [-0.39, 0.29) is 0 Å². The Bertz CT molecular complexity index is 519. The van der Waals surface area contributed by atoms with Crippen LogP contribution in [0.2, 0.25) is 0 Å². The van der Waals surface area contributed by atoms with E-state index in [0.717, 1.165) is 11.3 Å². The monoisotopic (exact) mass is 230 g/mol. The summed E-state index contributed by atoms with van der Waals surface area (Å²) in [6, 6.07) is 4.46. The third kappa shape index (κ3) is 2.50. The fraction of sp³-hybridized carbons (Fsp3) is 0.417. The van der Waals surface area contributed by atoms with Gasteiger partial charge in [-0.05, 0) is 31.9 Å². The highest BCUT2D eigenvalue weighted by molar-refractivity contribution is 5.52. The molecule has 3 rings (SSSR count). The van der Waals surface area contributed by atoms with Crippen LogP contribution in [0.1, 0.15) is 24.4 Å². The lowest BCUT2D eigenvalue weighted by atomic mass is 10.2. The zero-order valence-corrected chi connectivity index (χ0v) is 9.68. The molecule has 0 saturated heterocycles. The fourth-order valence-corrected chi connectivity index (χ4v) is 1.64. The topological polar surface area (TPSA) is 63.8 Å². The molecule has 0 aliphatic heterocycles. The number of aryl methyl sites for hydroxylation is 1. The van der Waals surface area contributed by atoms with E-state index >= 15 is 0 Å². The number of rotatable bonds is 4. The number of pyridine rings is 1. The van der Waals surface area contributed by atoms with Crippen molar-refractivity contribution < 1.29 is 4.52 Å². The summed E-state index contributed by atoms with van der Waals surface area (Å²) in [4.78, 5) is 8.49. The van der Waals surface area contributed by atoms with Gasteiger partial charge in [0, 0.05) is 23.5 Å². The van der Waals surface area contributed by atoms with Crippen molar-refractivity contribution in [3.05, 3.63) is 29.8 Å². The number of nitrogens with zero attached hydrogens (tertiary/aromatic N) is 3. The molecular weight excluding hydrogens is 216 g/mol. The molecule has 88 valence electrons. The summed E-state index contributed by atoms with van der Waals surface area (Å²) in [5, 5.41) is 7.30. The summed E-state index contributed by atoms with van der Waals surface area (Å²) in [6.07, 6.45) is 4.26. The van der Waals surface area contributed by atoms with Crippen molar-refractivity contribution >= 4 is 0 Å². The minimum absolute atomic E-state index is 0.558. The minimum Gasteiger partial charge on any atom is -0.334 e. The van der Waals surface area contributed by atoms with E-state index in [0.29, 0.717) is 24.3 Å². The van der Waals surface area contributed by atoms with Crippen molar-refractivity contribution in [2.45, 2.75) is 32.4 Å². The maximum absolute atomic E-state index is 5.23. The molecule has 0 bridgehead atoms. The molecule has 17 heavy (non-hydrogen) atoms. The van der Waals surface area contributed by atoms with E-state index in [1.165, 1.54) is 12.8 Å². The van der Waals surface area contributed by atoms with Crippen LogP contribution in [-0.2, 0) is 6.54 Å². The van der Waals surface area contributed by atoms with Gasteiger partial charge in [-0.3, -0.25) is 4.98 Å². The Hall–Kier alpha value is -1.75. The van der Waals surface area contributed by atoms with E-state index in [1.54, 1.807) is 6.20 Å². The Labute approximate surface area is 99.3 Å². The minimum atomic E-state index is 0.558. The van der Waals surface area contributed by atoms with Crippen molar-refractivity contribution in [2.75, 3.05) is 0 Å². The number of hydrogen-bond donors (Lipinski definition) is 1. The number of aromatic nitrogens is 3. The van der Waals surface area contributed by atoms with Gasteiger partial charge in [0.2, 0.25) is 0 Å². The quantitative estimate of drug-likeness (QED) is 0.866. The lowest BCUT2D eigenvalue weighted by Crippen LogP contribution is -2.16. The van der Waals surface area contributed by atoms with E-state index in [4.69, 9.17) is 4.52 Å². The molecular formula is C12H14N4O. The van der Waals surface area contributed by atoms with Gasteiger partial charge >= 0.3 is 0 Å². The highest BCUT2D eigenvalue weighted by Crippen LogP contribution is 2.20. The highest BCUT2D eigenvalue weighted by Gasteiger charge is 2.21. The first kappa shape index (κ1) is 10.4. The normalized spacial score (nSPS) is 15.1. The van der Waals surface area contributed by atoms with Gasteiger partial charge < -0.3 is 9.84 Å². The summed E-state index contributed by atoms with van der Waals surface area (Å²) in [5.74, 6) is 1.27. The van der Waals surface area contributed by atoms with Crippen LogP contribution in [-0.4, -0.2) is 21.2 Å². The Morgan fingerprint density at radius 3 is 3.12 bits per heavy atom. The fourth-order valence-electron chi connectivity index (χ4n) is 1.64. The van der Waals surface area contributed by atoms with Gasteiger partial charge in [-0.15, -0.1) is 0 Å². The Balaban J connectivity index is 1.74. The molecule has 5 nitrogen and oxygen atoms in total. The average Bonchev–Trinajstić information content (AvgIpc) is 3.04. The Morgan fingerprint density at radius 2 is 2.35 bits per heavy atom. The van der Waals surface area contributed by atoms with E-state index in [9.17, 15) is 0 Å². The van der Waals surface area contributed by atoms with Gasteiger partial charge in [0.25, 0.3) is 5.89 Å². The van der Waals surface area contributed by atoms with Crippen LogP contribution in [0.25, 0.3) is 11.5 Å². The molecule has 0 atom stereocenters. The van der Waals surface area contributed by atoms with Gasteiger partial charge in [0.05, 0.1) is 6.54 Å². The second kappa shape index (κ2) is 4.25. The van der Waals surface area contributed by atoms with Crippen LogP contribution in [0.5, 0.6) is 0 Å². The SMILES string of the molecule is Cc1cc(-c2nc(CNC3CC3)no2)ccn1. The van der Waals surface area contributed by atoms with Gasteiger partial charge in [0.15, 0.2) is 5.82 Å². The standard InChI is InChI=1S/C12H14N4O/c1-8-6-9(4-5-13-8)12-15-11(16-17-12)7-14-10-2-3-10/h4-6,10,14H,2-3,7H2,1H3. The first-order valence-electron chi connectivity index (χ1n) is 5.80. The van der Waals surface area contributed by atoms with E-state index < -0.39 is 0 Å². The molecule has 1 fully saturated rings. The van der Waals surface area contributed by atoms with Crippen LogP contribution in [0, 0.1) is 6.92 Å². The average molecular weight is 230 g/mol. The van der Waals surface area contributed by atoms with Gasteiger partial charge in [-0.25, -0.2) is 0 Å². The van der Waals surface area contributed by atoms with Crippen LogP contribution in [0.15, 0.2) is 22.9 Å². The summed E-state index contributed by atoms with van der Waals surface area (Å²) in [5.41, 5.74) is 1.86. The highest BCUT2D eigenvalue weighted by atomic mass is 16.5. The second-order valence-corrected chi connectivity index (χ2v) is 4.36. The number of hydrogen-bond acceptors (Lipinski definition) is 5. The molecule has 2 aromatic rings. The third-order valence-corrected chi connectivity index (χ3v) is 2.74. The van der Waals surface area contributed by atoms with Crippen LogP contribution >= 0.6 is 0 Å². The summed E-state index contributed by atoms with van der Waals surface area (Å²) in [7, 11) is 0. The summed E-state index contributed by atoms with van der Waals surface area (Å²) < 4.78 is 5.23. The largest absolute Gasteiger partial charge is 0.334 e. The zero-order valence-electron chi connectivity index (χ0n) is 9.68. The van der Waals surface area contributed by atoms with Gasteiger partial charge in [-0.2, -0.15) is 4.98 Å². The molecule has 0 radical (unpaired) electrons. The summed E-state index contributed by atoms with van der Waals surface area (Å²) >= 11 is 0. The van der Waals surface area contributed by atoms with Gasteiger partial charge in [-0.1, -0.05) is 5.16 Å². The van der Waals surface area contributed by atoms with E-state index in [1.807, 2.05) is 19.1 Å². The lowest BCUT2D eigenvalue weighted by Gasteiger charge is -1.95. The van der Waals surface area contributed by atoms with Crippen LogP contribution in [0.3, 0.4) is 0 Å². The van der Waals surface area contributed by atoms with Crippen LogP contribution < -0.4 is 5.32 Å². The van der Waals surface area contributed by atoms with E-state index in [2.05, 4.69) is 20.4 Å². The van der Waals surface area contributed by atoms with Crippen LogP contribution in [0.4, 0.5) is 0 Å². The predicted molar refractivity (Wildman–Crippen MR) is 62.1 cm³/mol. The molecule has 0 amide bonds. The molecule has 2 heterocycles. The first-order chi connectivity index (χ1) is 8.31. The summed E-state index contributed by atoms with van der Waals surface area (Å²) in [6.45, 7) is 2.62. The Morgan fingerprint density at radius 1 is 1.47 bits per heavy atom. The zero-order chi connectivity index (χ0) is 11.7. The first-order valence-corrected chi connectivity index (χ1v) is 5.80. The second-order valence-electron chi connectivity index (χ2n) is 4.36. The van der Waals surface area contributed by atoms with Gasteiger partial charge in [0.1, 0.15) is 0 Å². The van der Waals surface area contributed by atoms with Crippen molar-refractivity contribution in [3.63, 3.8) is 0 Å². The maximum Gasteiger partial charge on any atom is 0.258 e. The number of nitrogens with one attached hydrogen (secondary N) is 1. The smallest absolute Gasteiger partial charge is 0.258 e. The maximum atomic E-state index is 5.23. The lowest BCUT2D eigenvalue weighted by molar-refractivity contribution is 0.419. The molecule has 2 aromatic heterocycles. The molecule has 0 aromatic carbocycles. The Kier molecular flexibility index (Phi) is 2.60.